The second kappa shape index (κ2) is 8.29. The van der Waals surface area contributed by atoms with E-state index in [2.05, 4.69) is 10.3 Å². The van der Waals surface area contributed by atoms with Crippen molar-refractivity contribution >= 4 is 11.8 Å². The van der Waals surface area contributed by atoms with E-state index in [9.17, 15) is 14.0 Å². The van der Waals surface area contributed by atoms with Crippen molar-refractivity contribution < 1.29 is 14.0 Å². The number of carbonyl (C=O) groups is 2. The Morgan fingerprint density at radius 1 is 1.11 bits per heavy atom. The quantitative estimate of drug-likeness (QED) is 0.900. The van der Waals surface area contributed by atoms with Crippen molar-refractivity contribution in [1.82, 2.24) is 15.2 Å². The van der Waals surface area contributed by atoms with Crippen LogP contribution in [0.5, 0.6) is 0 Å². The summed E-state index contributed by atoms with van der Waals surface area (Å²) in [6.07, 6.45) is 1.31. The maximum Gasteiger partial charge on any atom is 0.272 e. The number of piperidine rings is 1. The highest BCUT2D eigenvalue weighted by Crippen LogP contribution is 2.21. The average molecular weight is 369 g/mol. The van der Waals surface area contributed by atoms with Gasteiger partial charge in [-0.2, -0.15) is 0 Å². The molecular weight excluding hydrogens is 345 g/mol. The number of nitrogens with zero attached hydrogens (tertiary/aromatic N) is 2. The van der Waals surface area contributed by atoms with Gasteiger partial charge in [-0.1, -0.05) is 6.07 Å². The Morgan fingerprint density at radius 2 is 1.78 bits per heavy atom. The number of rotatable bonds is 4. The van der Waals surface area contributed by atoms with Gasteiger partial charge in [-0.3, -0.25) is 9.59 Å². The smallest absolute Gasteiger partial charge is 0.272 e. The summed E-state index contributed by atoms with van der Waals surface area (Å²) in [7, 11) is 0. The maximum absolute atomic E-state index is 13.1. The summed E-state index contributed by atoms with van der Waals surface area (Å²) in [5.41, 5.74) is 1.75. The second-order valence-electron chi connectivity index (χ2n) is 7.14. The van der Waals surface area contributed by atoms with Gasteiger partial charge >= 0.3 is 0 Å². The van der Waals surface area contributed by atoms with E-state index in [0.29, 0.717) is 37.3 Å². The van der Waals surface area contributed by atoms with E-state index >= 15 is 0 Å². The predicted molar refractivity (Wildman–Crippen MR) is 102 cm³/mol. The summed E-state index contributed by atoms with van der Waals surface area (Å²) >= 11 is 0. The van der Waals surface area contributed by atoms with E-state index in [4.69, 9.17) is 0 Å². The number of aromatic nitrogens is 1. The van der Waals surface area contributed by atoms with Crippen LogP contribution in [-0.2, 0) is 4.79 Å². The molecule has 0 saturated carbocycles. The molecule has 2 heterocycles. The van der Waals surface area contributed by atoms with Gasteiger partial charge in [0.05, 0.1) is 5.69 Å². The topological polar surface area (TPSA) is 62.3 Å². The van der Waals surface area contributed by atoms with Crippen molar-refractivity contribution in [2.75, 3.05) is 13.1 Å². The van der Waals surface area contributed by atoms with Gasteiger partial charge in [-0.15, -0.1) is 0 Å². The van der Waals surface area contributed by atoms with Crippen LogP contribution in [0.25, 0.3) is 11.3 Å². The minimum atomic E-state index is -0.310. The van der Waals surface area contributed by atoms with Crippen LogP contribution in [0.15, 0.2) is 42.5 Å². The number of amides is 2. The molecule has 3 rings (SSSR count). The first kappa shape index (κ1) is 19.0. The lowest BCUT2D eigenvalue weighted by molar-refractivity contribution is -0.126. The molecule has 142 valence electrons. The molecule has 1 aliphatic rings. The summed E-state index contributed by atoms with van der Waals surface area (Å²) in [6.45, 7) is 4.96. The molecule has 1 aliphatic heterocycles. The lowest BCUT2D eigenvalue weighted by atomic mass is 9.95. The van der Waals surface area contributed by atoms with Gasteiger partial charge in [-0.05, 0) is 63.1 Å². The molecule has 2 amide bonds. The van der Waals surface area contributed by atoms with Crippen molar-refractivity contribution in [2.45, 2.75) is 32.7 Å². The molecule has 27 heavy (non-hydrogen) atoms. The molecule has 0 radical (unpaired) electrons. The summed E-state index contributed by atoms with van der Waals surface area (Å²) in [6, 6.07) is 11.4. The van der Waals surface area contributed by atoms with Gasteiger partial charge in [0.15, 0.2) is 0 Å². The van der Waals surface area contributed by atoms with Gasteiger partial charge in [0.2, 0.25) is 5.91 Å². The Labute approximate surface area is 158 Å². The van der Waals surface area contributed by atoms with Crippen LogP contribution < -0.4 is 5.32 Å². The molecule has 1 aromatic heterocycles. The third-order valence-corrected chi connectivity index (χ3v) is 4.69. The van der Waals surface area contributed by atoms with Crippen LogP contribution in [-0.4, -0.2) is 40.8 Å². The van der Waals surface area contributed by atoms with Crippen LogP contribution in [0, 0.1) is 11.7 Å². The first-order chi connectivity index (χ1) is 12.9. The standard InChI is InChI=1S/C21H24FN3O2/c1-14(2)23-20(26)16-10-12-25(13-11-16)21(27)19-5-3-4-18(24-19)15-6-8-17(22)9-7-15/h3-9,14,16H,10-13H2,1-2H3,(H,23,26). The van der Waals surface area contributed by atoms with E-state index in [0.717, 1.165) is 5.56 Å². The molecule has 5 nitrogen and oxygen atoms in total. The predicted octanol–water partition coefficient (Wildman–Crippen LogP) is 3.26. The lowest BCUT2D eigenvalue weighted by Crippen LogP contribution is -2.44. The highest BCUT2D eigenvalue weighted by atomic mass is 19.1. The van der Waals surface area contributed by atoms with E-state index in [1.54, 1.807) is 35.2 Å². The van der Waals surface area contributed by atoms with Crippen LogP contribution in [0.4, 0.5) is 4.39 Å². The molecule has 0 bridgehead atoms. The number of nitrogens with one attached hydrogen (secondary N) is 1. The van der Waals surface area contributed by atoms with Crippen molar-refractivity contribution in [2.24, 2.45) is 5.92 Å². The largest absolute Gasteiger partial charge is 0.354 e. The van der Waals surface area contributed by atoms with Gasteiger partial charge < -0.3 is 10.2 Å². The minimum Gasteiger partial charge on any atom is -0.354 e. The molecule has 0 atom stereocenters. The number of pyridine rings is 1. The number of likely N-dealkylation sites (tertiary alicyclic amines) is 1. The number of benzene rings is 1. The second-order valence-corrected chi connectivity index (χ2v) is 7.14. The average Bonchev–Trinajstić information content (AvgIpc) is 2.67. The van der Waals surface area contributed by atoms with Crippen molar-refractivity contribution in [3.8, 4) is 11.3 Å². The normalized spacial score (nSPS) is 15.0. The van der Waals surface area contributed by atoms with Gasteiger partial charge in [0.1, 0.15) is 11.5 Å². The van der Waals surface area contributed by atoms with E-state index in [1.165, 1.54) is 12.1 Å². The van der Waals surface area contributed by atoms with E-state index < -0.39 is 0 Å². The Balaban J connectivity index is 1.66. The van der Waals surface area contributed by atoms with Gasteiger partial charge in [0, 0.05) is 30.6 Å². The number of hydrogen-bond donors (Lipinski definition) is 1. The lowest BCUT2D eigenvalue weighted by Gasteiger charge is -2.31. The molecular formula is C21H24FN3O2. The first-order valence-electron chi connectivity index (χ1n) is 9.26. The summed E-state index contributed by atoms with van der Waals surface area (Å²) in [5.74, 6) is -0.430. The summed E-state index contributed by atoms with van der Waals surface area (Å²) in [4.78, 5) is 31.1. The first-order valence-corrected chi connectivity index (χ1v) is 9.26. The van der Waals surface area contributed by atoms with Crippen molar-refractivity contribution in [1.29, 1.82) is 0 Å². The zero-order valence-electron chi connectivity index (χ0n) is 15.6. The third kappa shape index (κ3) is 4.70. The van der Waals surface area contributed by atoms with Crippen LogP contribution in [0.1, 0.15) is 37.2 Å². The molecule has 0 spiro atoms. The van der Waals surface area contributed by atoms with E-state index in [1.807, 2.05) is 13.8 Å². The molecule has 1 aromatic carbocycles. The van der Waals surface area contributed by atoms with Crippen LogP contribution in [0.2, 0.25) is 0 Å². The molecule has 0 aliphatic carbocycles. The Kier molecular flexibility index (Phi) is 5.84. The van der Waals surface area contributed by atoms with Gasteiger partial charge in [-0.25, -0.2) is 9.37 Å². The Hall–Kier alpha value is -2.76. The maximum atomic E-state index is 13.1. The highest BCUT2D eigenvalue weighted by Gasteiger charge is 2.28. The molecule has 1 saturated heterocycles. The van der Waals surface area contributed by atoms with E-state index in [-0.39, 0.29) is 29.6 Å². The zero-order chi connectivity index (χ0) is 19.4. The van der Waals surface area contributed by atoms with Crippen molar-refractivity contribution in [3.63, 3.8) is 0 Å². The molecule has 1 fully saturated rings. The molecule has 6 heteroatoms. The number of carbonyl (C=O) groups excluding carboxylic acids is 2. The SMILES string of the molecule is CC(C)NC(=O)C1CCN(C(=O)c2cccc(-c3ccc(F)cc3)n2)CC1. The fourth-order valence-electron chi connectivity index (χ4n) is 3.24. The third-order valence-electron chi connectivity index (χ3n) is 4.69. The van der Waals surface area contributed by atoms with Gasteiger partial charge in [0.25, 0.3) is 5.91 Å². The number of hydrogen-bond acceptors (Lipinski definition) is 3. The van der Waals surface area contributed by atoms with Crippen LogP contribution in [0.3, 0.4) is 0 Å². The fourth-order valence-corrected chi connectivity index (χ4v) is 3.24. The Morgan fingerprint density at radius 3 is 2.41 bits per heavy atom. The molecule has 2 aromatic rings. The molecule has 1 N–H and O–H groups in total. The summed E-state index contributed by atoms with van der Waals surface area (Å²) in [5, 5.41) is 2.94. The minimum absolute atomic E-state index is 0.0463. The van der Waals surface area contributed by atoms with Crippen LogP contribution >= 0.6 is 0 Å². The van der Waals surface area contributed by atoms with Crippen molar-refractivity contribution in [3.05, 3.63) is 54.0 Å². The monoisotopic (exact) mass is 369 g/mol. The molecule has 0 unspecified atom stereocenters. The highest BCUT2D eigenvalue weighted by molar-refractivity contribution is 5.93. The summed E-state index contributed by atoms with van der Waals surface area (Å²) < 4.78 is 13.1. The Bertz CT molecular complexity index is 812. The number of halogens is 1. The zero-order valence-corrected chi connectivity index (χ0v) is 15.6. The fraction of sp³-hybridized carbons (Fsp3) is 0.381.